The van der Waals surface area contributed by atoms with Crippen molar-refractivity contribution in [2.24, 2.45) is 5.92 Å². The fourth-order valence-electron chi connectivity index (χ4n) is 3.70. The van der Waals surface area contributed by atoms with Crippen LogP contribution < -0.4 is 10.9 Å². The van der Waals surface area contributed by atoms with Crippen molar-refractivity contribution in [3.05, 3.63) is 40.3 Å². The molecule has 0 bridgehead atoms. The Bertz CT molecular complexity index is 885. The molecule has 0 radical (unpaired) electrons. The number of aromatic nitrogens is 2. The van der Waals surface area contributed by atoms with Gasteiger partial charge in [-0.15, -0.1) is 0 Å². The third-order valence-electron chi connectivity index (χ3n) is 5.29. The molecule has 7 nitrogen and oxygen atoms in total. The van der Waals surface area contributed by atoms with Gasteiger partial charge in [0.2, 0.25) is 0 Å². The quantitative estimate of drug-likeness (QED) is 0.822. The molecule has 1 unspecified atom stereocenters. The van der Waals surface area contributed by atoms with E-state index in [0.29, 0.717) is 28.9 Å². The van der Waals surface area contributed by atoms with Gasteiger partial charge in [0.15, 0.2) is 5.69 Å². The van der Waals surface area contributed by atoms with Gasteiger partial charge in [-0.05, 0) is 25.8 Å². The van der Waals surface area contributed by atoms with Crippen LogP contribution in [0, 0.1) is 5.92 Å². The molecule has 152 valence electrons. The Hall–Kier alpha value is -2.25. The van der Waals surface area contributed by atoms with Crippen molar-refractivity contribution in [3.63, 3.8) is 0 Å². The average molecular weight is 386 g/mol. The van der Waals surface area contributed by atoms with E-state index in [4.69, 9.17) is 4.74 Å². The zero-order valence-corrected chi connectivity index (χ0v) is 17.1. The highest BCUT2D eigenvalue weighted by molar-refractivity contribution is 6.04. The van der Waals surface area contributed by atoms with E-state index in [1.165, 1.54) is 4.68 Å². The summed E-state index contributed by atoms with van der Waals surface area (Å²) in [7, 11) is 0. The topological polar surface area (TPSA) is 76.5 Å². The van der Waals surface area contributed by atoms with E-state index in [2.05, 4.69) is 29.2 Å². The van der Waals surface area contributed by atoms with Gasteiger partial charge in [-0.2, -0.15) is 5.10 Å². The van der Waals surface area contributed by atoms with E-state index in [9.17, 15) is 9.59 Å². The molecule has 0 aliphatic carbocycles. The highest BCUT2D eigenvalue weighted by Gasteiger charge is 2.25. The predicted molar refractivity (Wildman–Crippen MR) is 110 cm³/mol. The summed E-state index contributed by atoms with van der Waals surface area (Å²) in [6, 6.07) is 7.27. The van der Waals surface area contributed by atoms with E-state index in [-0.39, 0.29) is 23.6 Å². The van der Waals surface area contributed by atoms with Crippen molar-refractivity contribution in [1.82, 2.24) is 20.0 Å². The monoisotopic (exact) mass is 386 g/mol. The zero-order valence-electron chi connectivity index (χ0n) is 17.1. The Kier molecular flexibility index (Phi) is 6.46. The first kappa shape index (κ1) is 20.5. The van der Waals surface area contributed by atoms with Crippen molar-refractivity contribution in [2.45, 2.75) is 39.8 Å². The van der Waals surface area contributed by atoms with Gasteiger partial charge in [0.1, 0.15) is 0 Å². The van der Waals surface area contributed by atoms with Crippen LogP contribution in [0.5, 0.6) is 0 Å². The molecule has 1 aliphatic rings. The molecule has 1 aromatic heterocycles. The second-order valence-electron chi connectivity index (χ2n) is 7.91. The van der Waals surface area contributed by atoms with Gasteiger partial charge in [-0.1, -0.05) is 32.0 Å². The van der Waals surface area contributed by atoms with Crippen molar-refractivity contribution >= 4 is 16.7 Å². The molecule has 1 aromatic carbocycles. The number of nitrogens with one attached hydrogen (secondary N) is 1. The molecule has 3 rings (SSSR count). The van der Waals surface area contributed by atoms with Crippen molar-refractivity contribution in [1.29, 1.82) is 0 Å². The summed E-state index contributed by atoms with van der Waals surface area (Å²) in [5, 5.41) is 8.56. The first-order valence-corrected chi connectivity index (χ1v) is 10.0. The minimum Gasteiger partial charge on any atom is -0.379 e. The minimum atomic E-state index is -0.246. The Morgan fingerprint density at radius 1 is 1.14 bits per heavy atom. The Morgan fingerprint density at radius 2 is 1.79 bits per heavy atom. The number of hydrogen-bond donors (Lipinski definition) is 1. The molecule has 0 spiro atoms. The maximum Gasteiger partial charge on any atom is 0.274 e. The van der Waals surface area contributed by atoms with E-state index in [1.807, 2.05) is 26.0 Å². The van der Waals surface area contributed by atoms with E-state index in [1.54, 1.807) is 12.1 Å². The van der Waals surface area contributed by atoms with Crippen molar-refractivity contribution in [3.8, 4) is 0 Å². The zero-order chi connectivity index (χ0) is 20.3. The largest absolute Gasteiger partial charge is 0.379 e. The normalized spacial score (nSPS) is 16.6. The lowest BCUT2D eigenvalue weighted by Gasteiger charge is -2.36. The molecule has 0 saturated carbocycles. The fourth-order valence-corrected chi connectivity index (χ4v) is 3.70. The fraction of sp³-hybridized carbons (Fsp3) is 0.571. The van der Waals surface area contributed by atoms with E-state index < -0.39 is 0 Å². The average Bonchev–Trinajstić information content (AvgIpc) is 2.68. The lowest BCUT2D eigenvalue weighted by atomic mass is 10.0. The molecular weight excluding hydrogens is 356 g/mol. The SMILES string of the molecule is CC(C)C(CNC(=O)c1nn(C(C)C)c(=O)c2ccccc12)N1CCOCC1. The van der Waals surface area contributed by atoms with Gasteiger partial charge in [-0.3, -0.25) is 14.5 Å². The Balaban J connectivity index is 1.86. The van der Waals surface area contributed by atoms with Gasteiger partial charge in [0.05, 0.1) is 24.6 Å². The van der Waals surface area contributed by atoms with Gasteiger partial charge in [0, 0.05) is 31.1 Å². The number of morpholine rings is 1. The van der Waals surface area contributed by atoms with Crippen LogP contribution in [-0.2, 0) is 4.74 Å². The summed E-state index contributed by atoms with van der Waals surface area (Å²) in [6.07, 6.45) is 0. The molecule has 1 N–H and O–H groups in total. The van der Waals surface area contributed by atoms with Crippen LogP contribution in [0.1, 0.15) is 44.2 Å². The Labute approximate surface area is 165 Å². The molecule has 1 fully saturated rings. The number of amides is 1. The van der Waals surface area contributed by atoms with Crippen LogP contribution in [0.3, 0.4) is 0 Å². The molecule has 2 heterocycles. The van der Waals surface area contributed by atoms with Crippen LogP contribution in [0.15, 0.2) is 29.1 Å². The number of carbonyl (C=O) groups is 1. The summed E-state index contributed by atoms with van der Waals surface area (Å²) in [6.45, 7) is 11.8. The molecular formula is C21H30N4O3. The molecule has 1 atom stereocenters. The van der Waals surface area contributed by atoms with Crippen LogP contribution in [0.4, 0.5) is 0 Å². The highest BCUT2D eigenvalue weighted by atomic mass is 16.5. The molecule has 1 saturated heterocycles. The van der Waals surface area contributed by atoms with Crippen LogP contribution in [-0.4, -0.2) is 59.5 Å². The van der Waals surface area contributed by atoms with Crippen LogP contribution in [0.2, 0.25) is 0 Å². The summed E-state index contributed by atoms with van der Waals surface area (Å²) in [5.41, 5.74) is 0.129. The first-order chi connectivity index (χ1) is 13.4. The van der Waals surface area contributed by atoms with Crippen molar-refractivity contribution < 1.29 is 9.53 Å². The van der Waals surface area contributed by atoms with Crippen molar-refractivity contribution in [2.75, 3.05) is 32.8 Å². The molecule has 7 heteroatoms. The third kappa shape index (κ3) is 4.25. The first-order valence-electron chi connectivity index (χ1n) is 10.0. The second-order valence-corrected chi connectivity index (χ2v) is 7.91. The number of fused-ring (bicyclic) bond motifs is 1. The number of nitrogens with zero attached hydrogens (tertiary/aromatic N) is 3. The Morgan fingerprint density at radius 3 is 2.39 bits per heavy atom. The smallest absolute Gasteiger partial charge is 0.274 e. The lowest BCUT2D eigenvalue weighted by Crippen LogP contribution is -2.51. The van der Waals surface area contributed by atoms with Gasteiger partial charge in [-0.25, -0.2) is 4.68 Å². The van der Waals surface area contributed by atoms with Gasteiger partial charge < -0.3 is 10.1 Å². The summed E-state index contributed by atoms with van der Waals surface area (Å²) >= 11 is 0. The second kappa shape index (κ2) is 8.84. The summed E-state index contributed by atoms with van der Waals surface area (Å²) in [5.74, 6) is 0.150. The lowest BCUT2D eigenvalue weighted by molar-refractivity contribution is 0.00671. The minimum absolute atomic E-state index is 0.125. The van der Waals surface area contributed by atoms with E-state index >= 15 is 0 Å². The van der Waals surface area contributed by atoms with E-state index in [0.717, 1.165) is 26.3 Å². The number of hydrogen-bond acceptors (Lipinski definition) is 5. The molecule has 2 aromatic rings. The maximum absolute atomic E-state index is 13.0. The highest BCUT2D eigenvalue weighted by Crippen LogP contribution is 2.16. The number of carbonyl (C=O) groups excluding carboxylic acids is 1. The van der Waals surface area contributed by atoms with Gasteiger partial charge in [0.25, 0.3) is 11.5 Å². The van der Waals surface area contributed by atoms with Crippen LogP contribution >= 0.6 is 0 Å². The summed E-state index contributed by atoms with van der Waals surface area (Å²) in [4.78, 5) is 28.0. The molecule has 1 amide bonds. The molecule has 1 aliphatic heterocycles. The standard InChI is InChI=1S/C21H30N4O3/c1-14(2)18(24-9-11-28-12-10-24)13-22-20(26)19-16-7-5-6-8-17(16)21(27)25(23-19)15(3)4/h5-8,14-15,18H,9-13H2,1-4H3,(H,22,26). The number of ether oxygens (including phenoxy) is 1. The maximum atomic E-state index is 13.0. The summed E-state index contributed by atoms with van der Waals surface area (Å²) < 4.78 is 6.84. The molecule has 28 heavy (non-hydrogen) atoms. The number of rotatable bonds is 6. The predicted octanol–water partition coefficient (Wildman–Crippen LogP) is 2.06. The van der Waals surface area contributed by atoms with Crippen LogP contribution in [0.25, 0.3) is 10.8 Å². The third-order valence-corrected chi connectivity index (χ3v) is 5.29. The number of benzene rings is 1. The van der Waals surface area contributed by atoms with Gasteiger partial charge >= 0.3 is 0 Å².